The summed E-state index contributed by atoms with van der Waals surface area (Å²) in [6.07, 6.45) is 4.17. The highest BCUT2D eigenvalue weighted by molar-refractivity contribution is 5.96. The number of aromatic nitrogens is 2. The summed E-state index contributed by atoms with van der Waals surface area (Å²) in [4.78, 5) is 65.2. The van der Waals surface area contributed by atoms with Gasteiger partial charge in [0.25, 0.3) is 5.56 Å². The quantitative estimate of drug-likeness (QED) is 0.173. The lowest BCUT2D eigenvalue weighted by Crippen LogP contribution is -2.44. The van der Waals surface area contributed by atoms with E-state index < -0.39 is 53.8 Å². The molecule has 1 aliphatic heterocycles. The van der Waals surface area contributed by atoms with E-state index in [4.69, 9.17) is 4.74 Å². The van der Waals surface area contributed by atoms with Crippen LogP contribution < -0.4 is 20.9 Å². The monoisotopic (exact) mass is 709 g/mol. The van der Waals surface area contributed by atoms with Gasteiger partial charge < -0.3 is 34.7 Å². The minimum Gasteiger partial charge on any atom is -0.486 e. The molecule has 0 saturated carbocycles. The molecule has 1 atom stereocenters. The number of fused-ring (bicyclic) bond motifs is 1. The summed E-state index contributed by atoms with van der Waals surface area (Å²) in [5.74, 6) is -3.62. The van der Waals surface area contributed by atoms with Crippen LogP contribution in [0.25, 0.3) is 10.9 Å². The third-order valence-corrected chi connectivity index (χ3v) is 8.20. The fourth-order valence-electron chi connectivity index (χ4n) is 5.68. The summed E-state index contributed by atoms with van der Waals surface area (Å²) < 4.78 is 54.3. The zero-order chi connectivity index (χ0) is 36.7. The second-order valence-electron chi connectivity index (χ2n) is 11.7. The van der Waals surface area contributed by atoms with Crippen LogP contribution in [0.1, 0.15) is 36.9 Å². The molecule has 3 amide bonds. The van der Waals surface area contributed by atoms with E-state index in [-0.39, 0.29) is 58.9 Å². The van der Waals surface area contributed by atoms with Crippen molar-refractivity contribution in [2.45, 2.75) is 44.9 Å². The molecular formula is C35H34F3N5O8. The van der Waals surface area contributed by atoms with E-state index in [1.54, 1.807) is 11.0 Å². The molecule has 1 fully saturated rings. The van der Waals surface area contributed by atoms with Crippen molar-refractivity contribution in [1.29, 1.82) is 0 Å². The molecule has 268 valence electrons. The highest BCUT2D eigenvalue weighted by Gasteiger charge is 2.24. The number of nitrogens with one attached hydrogen (secondary N) is 2. The number of benzene rings is 2. The van der Waals surface area contributed by atoms with Gasteiger partial charge in [-0.2, -0.15) is 0 Å². The number of hydrogen-bond donors (Lipinski definition) is 3. The Morgan fingerprint density at radius 3 is 2.49 bits per heavy atom. The highest BCUT2D eigenvalue weighted by atomic mass is 19.1. The summed E-state index contributed by atoms with van der Waals surface area (Å²) >= 11 is 0. The Morgan fingerprint density at radius 1 is 1.02 bits per heavy atom. The van der Waals surface area contributed by atoms with Crippen molar-refractivity contribution < 1.29 is 46.9 Å². The van der Waals surface area contributed by atoms with Gasteiger partial charge in [0, 0.05) is 42.4 Å². The van der Waals surface area contributed by atoms with Crippen molar-refractivity contribution in [1.82, 2.24) is 19.4 Å². The lowest BCUT2D eigenvalue weighted by atomic mass is 10.1. The number of nitrogens with zero attached hydrogens (tertiary/aromatic N) is 3. The number of likely N-dealkylation sites (tertiary alicyclic amines) is 1. The van der Waals surface area contributed by atoms with Crippen LogP contribution in [0.2, 0.25) is 0 Å². The maximum Gasteiger partial charge on any atom is 0.416 e. The first-order valence-electron chi connectivity index (χ1n) is 15.9. The first-order valence-corrected chi connectivity index (χ1v) is 15.9. The maximum absolute atomic E-state index is 14.6. The minimum absolute atomic E-state index is 0.0204. The third-order valence-electron chi connectivity index (χ3n) is 8.20. The Labute approximate surface area is 288 Å². The van der Waals surface area contributed by atoms with Gasteiger partial charge in [-0.05, 0) is 68.2 Å². The Balaban J connectivity index is 1.35. The van der Waals surface area contributed by atoms with Crippen molar-refractivity contribution in [2.75, 3.05) is 25.5 Å². The number of allylic oxidation sites excluding steroid dienone is 1. The Hall–Kier alpha value is -6.06. The minimum atomic E-state index is -1.49. The van der Waals surface area contributed by atoms with Gasteiger partial charge in [-0.25, -0.2) is 27.3 Å². The van der Waals surface area contributed by atoms with Gasteiger partial charge in [-0.3, -0.25) is 14.4 Å². The van der Waals surface area contributed by atoms with Gasteiger partial charge >= 0.3 is 12.2 Å². The predicted octanol–water partition coefficient (Wildman–Crippen LogP) is 5.00. The van der Waals surface area contributed by atoms with Crippen LogP contribution in [0.5, 0.6) is 5.75 Å². The van der Waals surface area contributed by atoms with Crippen molar-refractivity contribution >= 4 is 40.6 Å². The average Bonchev–Trinajstić information content (AvgIpc) is 3.76. The van der Waals surface area contributed by atoms with Gasteiger partial charge in [-0.1, -0.05) is 6.08 Å². The number of rotatable bonds is 12. The molecule has 2 aromatic heterocycles. The average molecular weight is 710 g/mol. The van der Waals surface area contributed by atoms with Crippen molar-refractivity contribution in [2.24, 2.45) is 0 Å². The molecule has 2 aromatic carbocycles. The van der Waals surface area contributed by atoms with Gasteiger partial charge in [-0.15, -0.1) is 0 Å². The number of anilines is 1. The van der Waals surface area contributed by atoms with Gasteiger partial charge in [0.2, 0.25) is 11.8 Å². The molecule has 0 spiro atoms. The molecule has 5 rings (SSSR count). The van der Waals surface area contributed by atoms with E-state index in [0.717, 1.165) is 53.4 Å². The molecule has 3 heterocycles. The largest absolute Gasteiger partial charge is 0.486 e. The van der Waals surface area contributed by atoms with Crippen LogP contribution >= 0.6 is 0 Å². The number of methoxy groups -OCH3 is 1. The fraction of sp³-hybridized carbons (Fsp3) is 0.286. The first kappa shape index (κ1) is 36.2. The van der Waals surface area contributed by atoms with E-state index in [1.165, 1.54) is 30.5 Å². The van der Waals surface area contributed by atoms with E-state index in [2.05, 4.69) is 15.4 Å². The topological polar surface area (TPSA) is 161 Å². The molecule has 0 bridgehead atoms. The molecular weight excluding hydrogens is 675 g/mol. The molecule has 0 radical (unpaired) electrons. The summed E-state index contributed by atoms with van der Waals surface area (Å²) in [5.41, 5.74) is -1.02. The number of halogens is 3. The zero-order valence-corrected chi connectivity index (χ0v) is 27.4. The Bertz CT molecular complexity index is 2050. The molecule has 1 unspecified atom stereocenters. The second-order valence-corrected chi connectivity index (χ2v) is 11.7. The number of alkyl carbamates (subject to hydrolysis) is 1. The van der Waals surface area contributed by atoms with Crippen LogP contribution in [-0.2, 0) is 27.5 Å². The first-order chi connectivity index (χ1) is 24.4. The summed E-state index contributed by atoms with van der Waals surface area (Å²) in [5, 5.41) is 15.2. The van der Waals surface area contributed by atoms with Gasteiger partial charge in [0.1, 0.15) is 47.1 Å². The molecule has 4 aromatic rings. The normalized spacial score (nSPS) is 13.4. The molecule has 3 N–H and O–H groups in total. The molecule has 13 nitrogen and oxygen atoms in total. The number of carboxylic acid groups (broad SMARTS) is 1. The predicted molar refractivity (Wildman–Crippen MR) is 178 cm³/mol. The number of pyridine rings is 1. The summed E-state index contributed by atoms with van der Waals surface area (Å²) in [7, 11) is 1.13. The second kappa shape index (κ2) is 16.1. The van der Waals surface area contributed by atoms with Crippen LogP contribution in [0.3, 0.4) is 0 Å². The van der Waals surface area contributed by atoms with Crippen LogP contribution in [0, 0.1) is 17.5 Å². The Morgan fingerprint density at radius 2 is 1.78 bits per heavy atom. The highest BCUT2D eigenvalue weighted by Crippen LogP contribution is 2.32. The van der Waals surface area contributed by atoms with E-state index in [9.17, 15) is 42.3 Å². The summed E-state index contributed by atoms with van der Waals surface area (Å²) in [6.45, 7) is 0.544. The van der Waals surface area contributed by atoms with E-state index >= 15 is 0 Å². The van der Waals surface area contributed by atoms with Crippen LogP contribution in [-0.4, -0.2) is 69.4 Å². The van der Waals surface area contributed by atoms with E-state index in [1.807, 2.05) is 0 Å². The molecule has 1 aliphatic rings. The smallest absolute Gasteiger partial charge is 0.416 e. The molecule has 0 aliphatic carbocycles. The number of amides is 3. The number of ether oxygens (including phenoxy) is 2. The molecule has 1 saturated heterocycles. The molecule has 51 heavy (non-hydrogen) atoms. The van der Waals surface area contributed by atoms with Crippen LogP contribution in [0.15, 0.2) is 71.7 Å². The fourth-order valence-corrected chi connectivity index (χ4v) is 5.68. The molecule has 16 heteroatoms. The van der Waals surface area contributed by atoms with Crippen molar-refractivity contribution in [3.05, 3.63) is 106 Å². The van der Waals surface area contributed by atoms with E-state index in [0.29, 0.717) is 19.2 Å². The maximum atomic E-state index is 14.6. The van der Waals surface area contributed by atoms with Crippen molar-refractivity contribution in [3.63, 3.8) is 0 Å². The number of carbonyl (C=O) groups is 4. The van der Waals surface area contributed by atoms with Gasteiger partial charge in [0.05, 0.1) is 19.3 Å². The Kier molecular flexibility index (Phi) is 11.4. The number of hydrogen-bond acceptors (Lipinski definition) is 7. The lowest BCUT2D eigenvalue weighted by molar-refractivity contribution is -0.125. The SMILES string of the molecule is COC(=O)NC(CCC=CC(=O)N1CCCC1)C(=O)Nc1cccn(Cc2cc3cc(F)cc(OCc4ccc(F)cc4F)c3n2C(=O)O)c1=O. The van der Waals surface area contributed by atoms with Crippen molar-refractivity contribution in [3.8, 4) is 5.75 Å². The lowest BCUT2D eigenvalue weighted by Gasteiger charge is -2.17. The van der Waals surface area contributed by atoms with Crippen LogP contribution in [0.4, 0.5) is 28.4 Å². The van der Waals surface area contributed by atoms with Gasteiger partial charge in [0.15, 0.2) is 0 Å². The number of carbonyl (C=O) groups excluding carboxylic acids is 3. The summed E-state index contributed by atoms with van der Waals surface area (Å²) in [6, 6.07) is 7.75. The third kappa shape index (κ3) is 8.76. The zero-order valence-electron chi connectivity index (χ0n) is 27.4. The standard InChI is InChI=1S/C35H34F3N5O8/c1-50-34(47)40-27(7-2-3-9-30(44)41-12-4-5-13-41)32(45)39-28-8-6-14-42(33(28)46)19-25-16-22-15-24(37)18-29(31(22)43(25)35(48)49)51-20-21-10-11-23(36)17-26(21)38/h3,6,8-11,14-18,27H,2,4-5,7,12-13,19-20H2,1H3,(H,39,45)(H,40,47)(H,48,49).